The molecule has 2 heterocycles. The Morgan fingerprint density at radius 1 is 1.40 bits per heavy atom. The van der Waals surface area contributed by atoms with Gasteiger partial charge in [-0.2, -0.15) is 0 Å². The van der Waals surface area contributed by atoms with Gasteiger partial charge in [0.2, 0.25) is 5.13 Å². The van der Waals surface area contributed by atoms with Gasteiger partial charge in [-0.15, -0.1) is 10.2 Å². The van der Waals surface area contributed by atoms with Crippen LogP contribution < -0.4 is 10.6 Å². The van der Waals surface area contributed by atoms with Gasteiger partial charge in [0, 0.05) is 19.8 Å². The van der Waals surface area contributed by atoms with Crippen LogP contribution in [-0.4, -0.2) is 47.1 Å². The van der Waals surface area contributed by atoms with Gasteiger partial charge in [0.15, 0.2) is 0 Å². The minimum absolute atomic E-state index is 0.0648. The fourth-order valence-electron chi connectivity index (χ4n) is 1.97. The molecule has 0 spiro atoms. The highest BCUT2D eigenvalue weighted by Gasteiger charge is 2.40. The van der Waals surface area contributed by atoms with Gasteiger partial charge in [0.1, 0.15) is 5.01 Å². The molecule has 0 saturated carbocycles. The number of ether oxygens (including phenoxy) is 1. The number of aliphatic carboxylic acids is 1. The second kappa shape index (κ2) is 6.14. The largest absolute Gasteiger partial charge is 0.481 e. The molecule has 0 aliphatic carbocycles. The van der Waals surface area contributed by atoms with Crippen LogP contribution >= 0.6 is 11.3 Å². The van der Waals surface area contributed by atoms with E-state index in [0.717, 1.165) is 5.01 Å². The summed E-state index contributed by atoms with van der Waals surface area (Å²) in [6, 6.07) is -0.478. The number of carboxylic acids is 1. The Morgan fingerprint density at radius 2 is 2.10 bits per heavy atom. The zero-order valence-electron chi connectivity index (χ0n) is 11.0. The van der Waals surface area contributed by atoms with Crippen molar-refractivity contribution in [2.75, 3.05) is 25.1 Å². The van der Waals surface area contributed by atoms with Crippen LogP contribution in [0.5, 0.6) is 0 Å². The molecule has 0 bridgehead atoms. The van der Waals surface area contributed by atoms with Crippen LogP contribution in [0.15, 0.2) is 0 Å². The third-order valence-corrected chi connectivity index (χ3v) is 3.99. The lowest BCUT2D eigenvalue weighted by Gasteiger charge is -2.32. The number of rotatable bonds is 4. The van der Waals surface area contributed by atoms with Crippen molar-refractivity contribution in [1.29, 1.82) is 0 Å². The standard InChI is InChI=1S/C11H16N4O4S/c1-7-14-15-10(20-7)13-9(18)12-6-11(8(16)17)2-4-19-5-3-11/h2-6H2,1H3,(H,16,17)(H2,12,13,15,18). The Labute approximate surface area is 119 Å². The van der Waals surface area contributed by atoms with Crippen LogP contribution in [0.1, 0.15) is 17.8 Å². The summed E-state index contributed by atoms with van der Waals surface area (Å²) >= 11 is 1.25. The van der Waals surface area contributed by atoms with Gasteiger partial charge in [-0.3, -0.25) is 10.1 Å². The van der Waals surface area contributed by atoms with Crippen LogP contribution in [0.25, 0.3) is 0 Å². The molecule has 0 unspecified atom stereocenters. The number of hydrogen-bond donors (Lipinski definition) is 3. The first-order valence-electron chi connectivity index (χ1n) is 6.18. The summed E-state index contributed by atoms with van der Waals surface area (Å²) in [5.41, 5.74) is -0.952. The van der Waals surface area contributed by atoms with Crippen molar-refractivity contribution in [2.24, 2.45) is 5.41 Å². The number of nitrogens with one attached hydrogen (secondary N) is 2. The SMILES string of the molecule is Cc1nnc(NC(=O)NCC2(C(=O)O)CCOCC2)s1. The Hall–Kier alpha value is -1.74. The molecule has 0 atom stereocenters. The van der Waals surface area contributed by atoms with Crippen molar-refractivity contribution in [3.8, 4) is 0 Å². The van der Waals surface area contributed by atoms with E-state index >= 15 is 0 Å². The third-order valence-electron chi connectivity index (χ3n) is 3.24. The highest BCUT2D eigenvalue weighted by molar-refractivity contribution is 7.15. The molecule has 3 N–H and O–H groups in total. The van der Waals surface area contributed by atoms with E-state index in [4.69, 9.17) is 4.74 Å². The predicted octanol–water partition coefficient (Wildman–Crippen LogP) is 0.849. The van der Waals surface area contributed by atoms with E-state index in [1.54, 1.807) is 6.92 Å². The maximum Gasteiger partial charge on any atom is 0.321 e. The first kappa shape index (κ1) is 14.7. The number of anilines is 1. The summed E-state index contributed by atoms with van der Waals surface area (Å²) in [5.74, 6) is -0.909. The van der Waals surface area contributed by atoms with Gasteiger partial charge in [-0.25, -0.2) is 4.79 Å². The first-order valence-corrected chi connectivity index (χ1v) is 7.00. The summed E-state index contributed by atoms with van der Waals surface area (Å²) in [6.45, 7) is 2.63. The first-order chi connectivity index (χ1) is 9.52. The average molecular weight is 300 g/mol. The molecule has 1 aromatic rings. The number of urea groups is 1. The lowest BCUT2D eigenvalue weighted by atomic mass is 9.80. The van der Waals surface area contributed by atoms with Gasteiger partial charge in [0.25, 0.3) is 0 Å². The molecule has 1 fully saturated rings. The molecular weight excluding hydrogens is 284 g/mol. The molecule has 1 saturated heterocycles. The minimum Gasteiger partial charge on any atom is -0.481 e. The lowest BCUT2D eigenvalue weighted by Crippen LogP contribution is -2.47. The molecule has 1 aromatic heterocycles. The third kappa shape index (κ3) is 3.42. The summed E-state index contributed by atoms with van der Waals surface area (Å²) in [4.78, 5) is 23.1. The van der Waals surface area contributed by atoms with Crippen molar-refractivity contribution in [3.05, 3.63) is 5.01 Å². The van der Waals surface area contributed by atoms with Crippen LogP contribution in [-0.2, 0) is 9.53 Å². The molecule has 110 valence electrons. The van der Waals surface area contributed by atoms with Crippen LogP contribution in [0.4, 0.5) is 9.93 Å². The number of amides is 2. The molecule has 1 aliphatic heterocycles. The monoisotopic (exact) mass is 300 g/mol. The molecule has 0 aromatic carbocycles. The Balaban J connectivity index is 1.89. The number of hydrogen-bond acceptors (Lipinski definition) is 6. The molecule has 2 rings (SSSR count). The van der Waals surface area contributed by atoms with Crippen molar-refractivity contribution in [3.63, 3.8) is 0 Å². The van der Waals surface area contributed by atoms with E-state index in [1.165, 1.54) is 11.3 Å². The molecule has 2 amide bonds. The number of aromatic nitrogens is 2. The number of carbonyl (C=O) groups is 2. The molecular formula is C11H16N4O4S. The smallest absolute Gasteiger partial charge is 0.321 e. The Bertz CT molecular complexity index is 498. The summed E-state index contributed by atoms with van der Waals surface area (Å²) < 4.78 is 5.17. The second-order valence-electron chi connectivity index (χ2n) is 4.63. The zero-order valence-corrected chi connectivity index (χ0v) is 11.8. The number of carbonyl (C=O) groups excluding carboxylic acids is 1. The molecule has 9 heteroatoms. The molecule has 0 radical (unpaired) electrons. The van der Waals surface area contributed by atoms with Crippen molar-refractivity contribution < 1.29 is 19.4 Å². The Morgan fingerprint density at radius 3 is 2.65 bits per heavy atom. The topological polar surface area (TPSA) is 113 Å². The molecule has 20 heavy (non-hydrogen) atoms. The summed E-state index contributed by atoms with van der Waals surface area (Å²) in [6.07, 6.45) is 0.779. The summed E-state index contributed by atoms with van der Waals surface area (Å²) in [5, 5.41) is 23.1. The quantitative estimate of drug-likeness (QED) is 0.759. The normalized spacial score (nSPS) is 17.4. The maximum atomic E-state index is 11.7. The van der Waals surface area contributed by atoms with E-state index in [-0.39, 0.29) is 6.54 Å². The Kier molecular flexibility index (Phi) is 4.50. The van der Waals surface area contributed by atoms with E-state index in [9.17, 15) is 14.7 Å². The number of carboxylic acid groups (broad SMARTS) is 1. The van der Waals surface area contributed by atoms with Gasteiger partial charge in [-0.1, -0.05) is 11.3 Å². The van der Waals surface area contributed by atoms with E-state index in [1.807, 2.05) is 0 Å². The van der Waals surface area contributed by atoms with Crippen molar-refractivity contribution >= 4 is 28.5 Å². The van der Waals surface area contributed by atoms with Crippen LogP contribution in [0, 0.1) is 12.3 Å². The van der Waals surface area contributed by atoms with Gasteiger partial charge in [-0.05, 0) is 19.8 Å². The second-order valence-corrected chi connectivity index (χ2v) is 5.81. The highest BCUT2D eigenvalue weighted by atomic mass is 32.1. The highest BCUT2D eigenvalue weighted by Crippen LogP contribution is 2.30. The van der Waals surface area contributed by atoms with E-state index in [0.29, 0.717) is 31.2 Å². The van der Waals surface area contributed by atoms with E-state index < -0.39 is 17.4 Å². The van der Waals surface area contributed by atoms with Gasteiger partial charge in [0.05, 0.1) is 5.41 Å². The minimum atomic E-state index is -0.952. The maximum absolute atomic E-state index is 11.7. The van der Waals surface area contributed by atoms with Crippen molar-refractivity contribution in [2.45, 2.75) is 19.8 Å². The van der Waals surface area contributed by atoms with Crippen LogP contribution in [0.2, 0.25) is 0 Å². The molecule has 1 aliphatic rings. The predicted molar refractivity (Wildman–Crippen MR) is 71.8 cm³/mol. The van der Waals surface area contributed by atoms with Gasteiger partial charge < -0.3 is 15.2 Å². The van der Waals surface area contributed by atoms with Crippen molar-refractivity contribution in [1.82, 2.24) is 15.5 Å². The van der Waals surface area contributed by atoms with E-state index in [2.05, 4.69) is 20.8 Å². The molecule has 8 nitrogen and oxygen atoms in total. The summed E-state index contributed by atoms with van der Waals surface area (Å²) in [7, 11) is 0. The van der Waals surface area contributed by atoms with Crippen LogP contribution in [0.3, 0.4) is 0 Å². The lowest BCUT2D eigenvalue weighted by molar-refractivity contribution is -0.154. The zero-order chi connectivity index (χ0) is 14.6. The fraction of sp³-hybridized carbons (Fsp3) is 0.636. The van der Waals surface area contributed by atoms with Gasteiger partial charge >= 0.3 is 12.0 Å². The fourth-order valence-corrected chi connectivity index (χ4v) is 2.55. The average Bonchev–Trinajstić information content (AvgIpc) is 2.83. The number of aryl methyl sites for hydroxylation is 1. The number of nitrogens with zero attached hydrogens (tertiary/aromatic N) is 2.